The summed E-state index contributed by atoms with van der Waals surface area (Å²) >= 11 is 43.4. The molecular weight excluding hydrogens is 1920 g/mol. The third kappa shape index (κ3) is 21.6. The summed E-state index contributed by atoms with van der Waals surface area (Å²) in [5, 5.41) is 21.1. The number of nitrogens with zero attached hydrogens (tertiary/aromatic N) is 10. The van der Waals surface area contributed by atoms with Gasteiger partial charge >= 0.3 is 0 Å². The van der Waals surface area contributed by atoms with Crippen LogP contribution in [0.4, 0.5) is 32.2 Å². The van der Waals surface area contributed by atoms with Gasteiger partial charge in [0.2, 0.25) is 5.88 Å². The number of pyridine rings is 6. The molecule has 0 fully saturated rings. The third-order valence-corrected chi connectivity index (χ3v) is 24.7. The Morgan fingerprint density at radius 1 is 0.353 bits per heavy atom. The minimum Gasteiger partial charge on any atom is -0.481 e. The zero-order chi connectivity index (χ0) is 97.1. The van der Waals surface area contributed by atoms with Crippen LogP contribution in [0.3, 0.4) is 0 Å². The van der Waals surface area contributed by atoms with Gasteiger partial charge in [-0.3, -0.25) is 34.4 Å². The highest BCUT2D eigenvalue weighted by Crippen LogP contribution is 2.41. The SMILES string of the molecule is COc1nc2cccc(Cl)c2cc1-c1cccc(F)c1.Fc1cccc(-c2cc3c(Cl)cccc3nc2CCl)c1.Fc1cccc(-c2cc3c(Cl)cccc3nc2CNc2ncnc3nc[nH]c23)c1.NCc1nc2cccc(Cl)c2cc1-c1cccc(F)c1.O=C1c2ccccc2C(=O)N1Cc1nc2cccc(Cl)c2cc1-c1cccc(F)c1.OCc1nc2cccc(Cl)c2cc1-c1cccc(F)c1. The van der Waals surface area contributed by atoms with Crippen LogP contribution in [-0.4, -0.2) is 78.8 Å². The first-order chi connectivity index (χ1) is 67.5. The maximum atomic E-state index is 13.9. The molecule has 9 heterocycles. The predicted octanol–water partition coefficient (Wildman–Crippen LogP) is 28.9. The van der Waals surface area contributed by atoms with Gasteiger partial charge in [-0.2, -0.15) is 0 Å². The molecule has 0 spiro atoms. The number of ether oxygens (including phenoxy) is 1. The first-order valence-corrected chi connectivity index (χ1v) is 45.6. The lowest BCUT2D eigenvalue weighted by Crippen LogP contribution is -2.29. The number of alkyl halides is 1. The van der Waals surface area contributed by atoms with E-state index in [9.17, 15) is 41.0 Å². The predicted molar refractivity (Wildman–Crippen MR) is 542 cm³/mol. The quantitative estimate of drug-likeness (QED) is 0.0424. The van der Waals surface area contributed by atoms with Crippen molar-refractivity contribution in [2.45, 2.75) is 32.1 Å². The Hall–Kier alpha value is -14.9. The van der Waals surface area contributed by atoms with Gasteiger partial charge in [0.15, 0.2) is 11.5 Å². The molecular formula is C109H72Cl7F6N13O4. The van der Waals surface area contributed by atoms with Crippen molar-refractivity contribution in [2.75, 3.05) is 12.4 Å². The van der Waals surface area contributed by atoms with E-state index in [1.54, 1.807) is 123 Å². The lowest BCUT2D eigenvalue weighted by atomic mass is 10.0. The summed E-state index contributed by atoms with van der Waals surface area (Å²) in [7, 11) is 1.54. The topological polar surface area (TPSA) is 237 Å². The number of amides is 2. The Morgan fingerprint density at radius 3 is 1.02 bits per heavy atom. The van der Waals surface area contributed by atoms with E-state index in [1.165, 1.54) is 84.0 Å². The van der Waals surface area contributed by atoms with Crippen molar-refractivity contribution in [3.05, 3.63) is 433 Å². The van der Waals surface area contributed by atoms with Gasteiger partial charge in [-0.25, -0.2) is 51.3 Å². The summed E-state index contributed by atoms with van der Waals surface area (Å²) in [6.45, 7) is 0.419. The lowest BCUT2D eigenvalue weighted by Gasteiger charge is -2.17. The molecule has 1 aliphatic heterocycles. The normalized spacial score (nSPS) is 11.5. The summed E-state index contributed by atoms with van der Waals surface area (Å²) in [4.78, 5) is 69.8. The maximum absolute atomic E-state index is 13.9. The fraction of sp³-hybridized carbons (Fsp3) is 0.0550. The van der Waals surface area contributed by atoms with Crippen LogP contribution in [-0.2, 0) is 32.1 Å². The summed E-state index contributed by atoms with van der Waals surface area (Å²) in [6, 6.07) is 88.7. The monoisotopic (exact) mass is 1990 g/mol. The number of carbonyl (C=O) groups is 2. The molecule has 0 saturated heterocycles. The number of nitrogens with two attached hydrogens (primary N) is 1. The molecule has 0 bridgehead atoms. The van der Waals surface area contributed by atoms with Crippen LogP contribution < -0.4 is 15.8 Å². The molecule has 0 aliphatic carbocycles. The van der Waals surface area contributed by atoms with Crippen molar-refractivity contribution < 1.29 is 45.8 Å². The average molecular weight is 1990 g/mol. The van der Waals surface area contributed by atoms with Gasteiger partial charge in [0.25, 0.3) is 11.8 Å². The molecule has 8 aromatic heterocycles. The van der Waals surface area contributed by atoms with E-state index in [1.807, 2.05) is 133 Å². The van der Waals surface area contributed by atoms with Crippen LogP contribution >= 0.6 is 81.2 Å². The van der Waals surface area contributed by atoms with Gasteiger partial charge in [0.1, 0.15) is 46.7 Å². The molecule has 0 unspecified atom stereocenters. The van der Waals surface area contributed by atoms with Crippen molar-refractivity contribution in [1.29, 1.82) is 0 Å². The molecule has 5 N–H and O–H groups in total. The molecule has 22 rings (SSSR count). The number of aliphatic hydroxyl groups is 1. The number of anilines is 1. The second kappa shape index (κ2) is 43.2. The van der Waals surface area contributed by atoms with E-state index in [4.69, 9.17) is 96.7 Å². The lowest BCUT2D eigenvalue weighted by molar-refractivity contribution is 0.0640. The van der Waals surface area contributed by atoms with E-state index in [-0.39, 0.29) is 66.5 Å². The van der Waals surface area contributed by atoms with Crippen LogP contribution in [0.1, 0.15) is 49.2 Å². The number of carbonyl (C=O) groups excluding carboxylic acids is 2. The van der Waals surface area contributed by atoms with Crippen LogP contribution in [0.2, 0.25) is 30.1 Å². The summed E-state index contributed by atoms with van der Waals surface area (Å²) in [5.41, 5.74) is 24.0. The molecule has 0 atom stereocenters. The van der Waals surface area contributed by atoms with Crippen molar-refractivity contribution in [2.24, 2.45) is 5.73 Å². The van der Waals surface area contributed by atoms with Crippen molar-refractivity contribution in [3.8, 4) is 72.6 Å². The van der Waals surface area contributed by atoms with E-state index in [0.717, 1.165) is 93.8 Å². The summed E-state index contributed by atoms with van der Waals surface area (Å²) in [5.74, 6) is -1.32. The second-order valence-corrected chi connectivity index (χ2v) is 34.0. The molecule has 688 valence electrons. The third-order valence-electron chi connectivity index (χ3n) is 22.5. The molecule has 139 heavy (non-hydrogen) atoms. The first kappa shape index (κ1) is 95.8. The molecule has 13 aromatic carbocycles. The number of imide groups is 1. The second-order valence-electron chi connectivity index (χ2n) is 31.3. The Kier molecular flexibility index (Phi) is 29.8. The van der Waals surface area contributed by atoms with E-state index >= 15 is 0 Å². The Bertz CT molecular complexity index is 7730. The minimum absolute atomic E-state index is 0.0271. The summed E-state index contributed by atoms with van der Waals surface area (Å²) in [6.07, 6.45) is 3.02. The molecule has 30 heteroatoms. The Labute approximate surface area is 825 Å². The number of fused-ring (bicyclic) bond motifs is 8. The van der Waals surface area contributed by atoms with Crippen LogP contribution in [0, 0.1) is 34.9 Å². The maximum Gasteiger partial charge on any atom is 0.261 e. The van der Waals surface area contributed by atoms with Gasteiger partial charge in [-0.05, 0) is 228 Å². The van der Waals surface area contributed by atoms with E-state index < -0.39 is 5.82 Å². The van der Waals surface area contributed by atoms with E-state index in [0.29, 0.717) is 138 Å². The fourth-order valence-electron chi connectivity index (χ4n) is 15.9. The van der Waals surface area contributed by atoms with Gasteiger partial charge < -0.3 is 25.9 Å². The Balaban J connectivity index is 0.000000116. The number of imidazole rings is 1. The number of benzene rings is 13. The van der Waals surface area contributed by atoms with Gasteiger partial charge in [-0.15, -0.1) is 11.6 Å². The van der Waals surface area contributed by atoms with Gasteiger partial charge in [0, 0.05) is 102 Å². The number of H-pyrrole nitrogens is 1. The zero-order valence-electron chi connectivity index (χ0n) is 72.8. The number of aliphatic hydroxyl groups excluding tert-OH is 1. The molecule has 21 aromatic rings. The van der Waals surface area contributed by atoms with E-state index in [2.05, 4.69) is 50.2 Å². The van der Waals surface area contributed by atoms with Crippen LogP contribution in [0.25, 0.3) is 143 Å². The fourth-order valence-corrected chi connectivity index (χ4v) is 17.5. The number of aromatic amines is 1. The van der Waals surface area contributed by atoms with Crippen LogP contribution in [0.15, 0.2) is 328 Å². The highest BCUT2D eigenvalue weighted by molar-refractivity contribution is 6.38. The average Bonchev–Trinajstić information content (AvgIpc) is 1.64. The molecule has 1 aliphatic rings. The van der Waals surface area contributed by atoms with Gasteiger partial charge in [0.05, 0.1) is 112 Å². The number of methoxy groups -OCH3 is 1. The number of hydrogen-bond acceptors (Lipinski definition) is 15. The van der Waals surface area contributed by atoms with Crippen molar-refractivity contribution in [1.82, 2.24) is 54.7 Å². The zero-order valence-corrected chi connectivity index (χ0v) is 78.1. The molecule has 0 radical (unpaired) electrons. The number of halogens is 13. The largest absolute Gasteiger partial charge is 0.481 e. The standard InChI is InChI=1S/C24H14ClFN2O2.C21H14ClFN6.C16H10Cl2FN.C16H12ClFN2.2C16H11ClFNO/c25-20-9-4-10-21-19(20)12-18(14-5-3-6-15(26)11-14)22(27-21)13-28-23(29)16-7-1-2-8-17(16)24(28)30;22-16-5-2-6-17-15(16)8-14(12-3-1-4-13(23)7-12)18(29-17)9-24-20-19-21(26-10-25-19)28-11-27-20;17-9-16-12(10-3-1-4-11(19)7-10)8-13-14(18)5-2-6-15(13)20-16;17-14-5-2-6-15-13(14)8-12(16(9-19)20-15)10-3-1-4-11(18)7-10;1-20-16-12(10-4-2-5-11(18)8-10)9-13-14(17)6-3-7-15(13)19-16;17-14-5-2-6-15-13(14)8-12(16(9-20)19-15)10-3-1-4-11(18)7-10/h1-12H,13H2;1-8,10-11H,9H2,(H2,24,25,26,27,28);1-8H,9H2;1-8H,9,19H2;2-9H,1H3;1-8,20H,9H2. The number of nitrogens with one attached hydrogen (secondary N) is 2. The smallest absolute Gasteiger partial charge is 0.261 e. The van der Waals surface area contributed by atoms with Crippen molar-refractivity contribution in [3.63, 3.8) is 0 Å². The highest BCUT2D eigenvalue weighted by Gasteiger charge is 2.36. The first-order valence-electron chi connectivity index (χ1n) is 42.8. The van der Waals surface area contributed by atoms with Gasteiger partial charge in [-0.1, -0.05) is 191 Å². The molecule has 17 nitrogen and oxygen atoms in total. The summed E-state index contributed by atoms with van der Waals surface area (Å²) < 4.78 is 86.7. The number of hydrogen-bond donors (Lipinski definition) is 4. The van der Waals surface area contributed by atoms with Crippen LogP contribution in [0.5, 0.6) is 5.88 Å². The van der Waals surface area contributed by atoms with Crippen molar-refractivity contribution >= 4 is 175 Å². The molecule has 0 saturated carbocycles. The Morgan fingerprint density at radius 2 is 0.662 bits per heavy atom. The highest BCUT2D eigenvalue weighted by atomic mass is 35.5. The minimum atomic E-state index is -0.390. The number of aromatic nitrogens is 10. The number of rotatable bonds is 15. The molecule has 2 amide bonds.